The van der Waals surface area contributed by atoms with Crippen LogP contribution in [-0.2, 0) is 13.1 Å². The maximum atomic E-state index is 11.0. The van der Waals surface area contributed by atoms with Crippen LogP contribution in [0.1, 0.15) is 27.0 Å². The van der Waals surface area contributed by atoms with Crippen molar-refractivity contribution in [2.24, 2.45) is 0 Å². The van der Waals surface area contributed by atoms with Gasteiger partial charge >= 0.3 is 5.97 Å². The Morgan fingerprint density at radius 3 is 2.31 bits per heavy atom. The molecule has 0 fully saturated rings. The van der Waals surface area contributed by atoms with E-state index in [1.165, 1.54) is 5.56 Å². The first-order valence-corrected chi connectivity index (χ1v) is 8.79. The third-order valence-corrected chi connectivity index (χ3v) is 4.53. The van der Waals surface area contributed by atoms with E-state index in [9.17, 15) is 4.79 Å². The highest BCUT2D eigenvalue weighted by atomic mass is 35.5. The standard InChI is InChI=1S/C22H20ClNO2/c1-15-5-6-17(14-24-13-16-3-2-4-20(23)11-16)12-21(15)18-7-9-19(10-8-18)22(25)26/h2-12,24H,13-14H2,1H3,(H,25,26). The number of hydrogen-bond donors (Lipinski definition) is 2. The summed E-state index contributed by atoms with van der Waals surface area (Å²) in [6, 6.07) is 21.2. The maximum Gasteiger partial charge on any atom is 0.335 e. The van der Waals surface area contributed by atoms with Crippen LogP contribution in [0.2, 0.25) is 5.02 Å². The van der Waals surface area contributed by atoms with Gasteiger partial charge in [0.1, 0.15) is 0 Å². The van der Waals surface area contributed by atoms with Crippen molar-refractivity contribution in [2.75, 3.05) is 0 Å². The van der Waals surface area contributed by atoms with E-state index in [0.717, 1.165) is 40.4 Å². The van der Waals surface area contributed by atoms with Crippen LogP contribution in [0, 0.1) is 6.92 Å². The Balaban J connectivity index is 1.72. The molecule has 3 aromatic rings. The van der Waals surface area contributed by atoms with Crippen LogP contribution < -0.4 is 5.32 Å². The number of hydrogen-bond acceptors (Lipinski definition) is 2. The monoisotopic (exact) mass is 365 g/mol. The largest absolute Gasteiger partial charge is 0.478 e. The average molecular weight is 366 g/mol. The first kappa shape index (κ1) is 18.2. The van der Waals surface area contributed by atoms with Gasteiger partial charge in [-0.1, -0.05) is 48.0 Å². The van der Waals surface area contributed by atoms with Crippen molar-refractivity contribution in [2.45, 2.75) is 20.0 Å². The van der Waals surface area contributed by atoms with E-state index in [0.29, 0.717) is 5.56 Å². The van der Waals surface area contributed by atoms with Gasteiger partial charge in [-0.05, 0) is 65.1 Å². The second-order valence-corrected chi connectivity index (χ2v) is 6.70. The van der Waals surface area contributed by atoms with E-state index in [1.54, 1.807) is 12.1 Å². The van der Waals surface area contributed by atoms with Crippen LogP contribution in [0.15, 0.2) is 66.7 Å². The van der Waals surface area contributed by atoms with Gasteiger partial charge in [0.15, 0.2) is 0 Å². The van der Waals surface area contributed by atoms with Gasteiger partial charge in [0, 0.05) is 18.1 Å². The molecule has 132 valence electrons. The van der Waals surface area contributed by atoms with Gasteiger partial charge in [0.25, 0.3) is 0 Å². The minimum atomic E-state index is -0.910. The van der Waals surface area contributed by atoms with E-state index < -0.39 is 5.97 Å². The Morgan fingerprint density at radius 1 is 0.962 bits per heavy atom. The Hall–Kier alpha value is -2.62. The predicted octanol–water partition coefficient (Wildman–Crippen LogP) is 5.30. The zero-order valence-corrected chi connectivity index (χ0v) is 15.3. The quantitative estimate of drug-likeness (QED) is 0.622. The summed E-state index contributed by atoms with van der Waals surface area (Å²) in [5, 5.41) is 13.2. The van der Waals surface area contributed by atoms with Crippen molar-refractivity contribution in [1.29, 1.82) is 0 Å². The molecule has 0 aliphatic heterocycles. The molecule has 0 aromatic heterocycles. The Morgan fingerprint density at radius 2 is 1.65 bits per heavy atom. The number of carboxylic acid groups (broad SMARTS) is 1. The lowest BCUT2D eigenvalue weighted by Gasteiger charge is -2.11. The zero-order chi connectivity index (χ0) is 18.5. The number of aryl methyl sites for hydroxylation is 1. The molecule has 0 heterocycles. The number of benzene rings is 3. The van der Waals surface area contributed by atoms with E-state index in [2.05, 4.69) is 30.4 Å². The Kier molecular flexibility index (Phi) is 5.71. The molecule has 0 amide bonds. The number of rotatable bonds is 6. The van der Waals surface area contributed by atoms with E-state index in [1.807, 2.05) is 36.4 Å². The number of carboxylic acids is 1. The highest BCUT2D eigenvalue weighted by Crippen LogP contribution is 2.25. The molecule has 0 atom stereocenters. The van der Waals surface area contributed by atoms with E-state index in [-0.39, 0.29) is 0 Å². The normalized spacial score (nSPS) is 10.7. The van der Waals surface area contributed by atoms with Crippen molar-refractivity contribution >= 4 is 17.6 Å². The summed E-state index contributed by atoms with van der Waals surface area (Å²) < 4.78 is 0. The first-order chi connectivity index (χ1) is 12.5. The molecule has 0 spiro atoms. The summed E-state index contributed by atoms with van der Waals surface area (Å²) in [7, 11) is 0. The third kappa shape index (κ3) is 4.51. The third-order valence-electron chi connectivity index (χ3n) is 4.29. The fourth-order valence-corrected chi connectivity index (χ4v) is 3.09. The summed E-state index contributed by atoms with van der Waals surface area (Å²) in [4.78, 5) is 11.0. The summed E-state index contributed by atoms with van der Waals surface area (Å²) in [6.07, 6.45) is 0. The second-order valence-electron chi connectivity index (χ2n) is 6.27. The van der Waals surface area contributed by atoms with Crippen LogP contribution in [0.5, 0.6) is 0 Å². The molecule has 0 saturated heterocycles. The van der Waals surface area contributed by atoms with Crippen molar-refractivity contribution in [3.63, 3.8) is 0 Å². The van der Waals surface area contributed by atoms with Crippen LogP contribution in [0.25, 0.3) is 11.1 Å². The molecular formula is C22H20ClNO2. The molecule has 0 radical (unpaired) electrons. The molecule has 26 heavy (non-hydrogen) atoms. The number of nitrogens with one attached hydrogen (secondary N) is 1. The van der Waals surface area contributed by atoms with Crippen molar-refractivity contribution in [3.8, 4) is 11.1 Å². The summed E-state index contributed by atoms with van der Waals surface area (Å²) in [5.41, 5.74) is 5.91. The molecule has 3 aromatic carbocycles. The molecule has 4 heteroatoms. The molecule has 0 aliphatic carbocycles. The fourth-order valence-electron chi connectivity index (χ4n) is 2.88. The van der Waals surface area contributed by atoms with Crippen LogP contribution in [0.4, 0.5) is 0 Å². The van der Waals surface area contributed by atoms with Crippen molar-refractivity contribution in [1.82, 2.24) is 5.32 Å². The van der Waals surface area contributed by atoms with Crippen molar-refractivity contribution < 1.29 is 9.90 Å². The first-order valence-electron chi connectivity index (χ1n) is 8.41. The van der Waals surface area contributed by atoms with Crippen molar-refractivity contribution in [3.05, 3.63) is 94.0 Å². The number of carbonyl (C=O) groups is 1. The van der Waals surface area contributed by atoms with E-state index >= 15 is 0 Å². The van der Waals surface area contributed by atoms with Gasteiger partial charge < -0.3 is 10.4 Å². The lowest BCUT2D eigenvalue weighted by Crippen LogP contribution is -2.12. The molecule has 0 bridgehead atoms. The number of halogens is 1. The lowest BCUT2D eigenvalue weighted by molar-refractivity contribution is 0.0697. The number of aromatic carboxylic acids is 1. The summed E-state index contributed by atoms with van der Waals surface area (Å²) in [5.74, 6) is -0.910. The predicted molar refractivity (Wildman–Crippen MR) is 106 cm³/mol. The van der Waals surface area contributed by atoms with Crippen LogP contribution in [-0.4, -0.2) is 11.1 Å². The van der Waals surface area contributed by atoms with Gasteiger partial charge in [-0.3, -0.25) is 0 Å². The fraction of sp³-hybridized carbons (Fsp3) is 0.136. The zero-order valence-electron chi connectivity index (χ0n) is 14.5. The highest BCUT2D eigenvalue weighted by Gasteiger charge is 2.06. The molecule has 2 N–H and O–H groups in total. The molecule has 3 rings (SSSR count). The van der Waals surface area contributed by atoms with Gasteiger partial charge in [-0.25, -0.2) is 4.79 Å². The van der Waals surface area contributed by atoms with Gasteiger partial charge in [-0.15, -0.1) is 0 Å². The minimum absolute atomic E-state index is 0.297. The summed E-state index contributed by atoms with van der Waals surface area (Å²) >= 11 is 6.01. The topological polar surface area (TPSA) is 49.3 Å². The Labute approximate surface area is 158 Å². The minimum Gasteiger partial charge on any atom is -0.478 e. The van der Waals surface area contributed by atoms with Crippen LogP contribution in [0.3, 0.4) is 0 Å². The highest BCUT2D eigenvalue weighted by molar-refractivity contribution is 6.30. The average Bonchev–Trinajstić information content (AvgIpc) is 2.63. The molecular weight excluding hydrogens is 346 g/mol. The summed E-state index contributed by atoms with van der Waals surface area (Å²) in [6.45, 7) is 3.55. The maximum absolute atomic E-state index is 11.0. The molecule has 3 nitrogen and oxygen atoms in total. The second kappa shape index (κ2) is 8.17. The Bertz CT molecular complexity index is 920. The molecule has 0 unspecified atom stereocenters. The SMILES string of the molecule is Cc1ccc(CNCc2cccc(Cl)c2)cc1-c1ccc(C(=O)O)cc1. The van der Waals surface area contributed by atoms with Crippen LogP contribution >= 0.6 is 11.6 Å². The van der Waals surface area contributed by atoms with Gasteiger partial charge in [0.2, 0.25) is 0 Å². The molecule has 0 aliphatic rings. The lowest BCUT2D eigenvalue weighted by atomic mass is 9.97. The van der Waals surface area contributed by atoms with Gasteiger partial charge in [-0.2, -0.15) is 0 Å². The van der Waals surface area contributed by atoms with Gasteiger partial charge in [0.05, 0.1) is 5.56 Å². The van der Waals surface area contributed by atoms with E-state index in [4.69, 9.17) is 16.7 Å². The molecule has 0 saturated carbocycles. The smallest absolute Gasteiger partial charge is 0.335 e.